The highest BCUT2D eigenvalue weighted by Crippen LogP contribution is 2.43. The van der Waals surface area contributed by atoms with E-state index in [4.69, 9.17) is 0 Å². The first-order valence-electron chi connectivity index (χ1n) is 4.11. The van der Waals surface area contributed by atoms with Gasteiger partial charge in [-0.25, -0.2) is 0 Å². The van der Waals surface area contributed by atoms with Crippen LogP contribution >= 0.6 is 11.9 Å². The van der Waals surface area contributed by atoms with Crippen molar-refractivity contribution in [1.29, 1.82) is 0 Å². The highest BCUT2D eigenvalue weighted by atomic mass is 32.2. The zero-order valence-electron chi connectivity index (χ0n) is 6.77. The lowest BCUT2D eigenvalue weighted by Gasteiger charge is -2.30. The molecule has 0 amide bonds. The van der Waals surface area contributed by atoms with Gasteiger partial charge in [0.15, 0.2) is 24.2 Å². The predicted molar refractivity (Wildman–Crippen MR) is 48.6 cm³/mol. The Bertz CT molecular complexity index is 373. The first-order valence-corrected chi connectivity index (χ1v) is 4.89. The molecule has 0 aromatic carbocycles. The van der Waals surface area contributed by atoms with Crippen LogP contribution in [0.1, 0.15) is 18.4 Å². The first-order chi connectivity index (χ1) is 5.86. The molecule has 0 radical (unpaired) electrons. The third-order valence-electron chi connectivity index (χ3n) is 2.60. The summed E-state index contributed by atoms with van der Waals surface area (Å²) in [6.45, 7) is 2.26. The average Bonchev–Trinajstić information content (AvgIpc) is 2.16. The smallest absolute Gasteiger partial charge is 0.197 e. The van der Waals surface area contributed by atoms with E-state index in [2.05, 4.69) is 28.2 Å². The second-order valence-electron chi connectivity index (χ2n) is 3.28. The SMILES string of the molecule is CC1C2C=[N+]1Sc1ccncc12. The summed E-state index contributed by atoms with van der Waals surface area (Å²) in [6.07, 6.45) is 6.14. The maximum atomic E-state index is 4.16. The number of pyridine rings is 1. The van der Waals surface area contributed by atoms with Crippen LogP contribution in [0.4, 0.5) is 0 Å². The third kappa shape index (κ3) is 0.672. The molecule has 2 nitrogen and oxygen atoms in total. The van der Waals surface area contributed by atoms with Gasteiger partial charge in [-0.15, -0.1) is 0 Å². The topological polar surface area (TPSA) is 15.9 Å². The monoisotopic (exact) mass is 177 g/mol. The molecular weight excluding hydrogens is 168 g/mol. The maximum absolute atomic E-state index is 4.16. The molecule has 0 aliphatic carbocycles. The van der Waals surface area contributed by atoms with Gasteiger partial charge in [0.2, 0.25) is 0 Å². The Morgan fingerprint density at radius 3 is 3.33 bits per heavy atom. The van der Waals surface area contributed by atoms with Gasteiger partial charge in [-0.05, 0) is 13.0 Å². The van der Waals surface area contributed by atoms with E-state index >= 15 is 0 Å². The molecule has 1 aromatic rings. The fraction of sp³-hybridized carbons (Fsp3) is 0.333. The normalized spacial score (nSPS) is 30.2. The molecule has 2 bridgehead atoms. The summed E-state index contributed by atoms with van der Waals surface area (Å²) in [5, 5.41) is 0. The lowest BCUT2D eigenvalue weighted by molar-refractivity contribution is -0.428. The van der Waals surface area contributed by atoms with Crippen molar-refractivity contribution in [2.45, 2.75) is 23.8 Å². The second kappa shape index (κ2) is 2.10. The van der Waals surface area contributed by atoms with E-state index in [0.29, 0.717) is 12.0 Å². The van der Waals surface area contributed by atoms with Gasteiger partial charge in [0.05, 0.1) is 4.90 Å². The molecular formula is C9H9N2S+. The predicted octanol–water partition coefficient (Wildman–Crippen LogP) is 1.67. The summed E-state index contributed by atoms with van der Waals surface area (Å²) in [6, 6.07) is 2.76. The van der Waals surface area contributed by atoms with Gasteiger partial charge in [-0.1, -0.05) is 0 Å². The number of hydrogen-bond donors (Lipinski definition) is 0. The van der Waals surface area contributed by atoms with Gasteiger partial charge in [-0.3, -0.25) is 4.98 Å². The van der Waals surface area contributed by atoms with Crippen LogP contribution < -0.4 is 0 Å². The molecule has 3 aliphatic rings. The molecule has 0 spiro atoms. The van der Waals surface area contributed by atoms with Crippen molar-refractivity contribution in [3.05, 3.63) is 24.0 Å². The van der Waals surface area contributed by atoms with Crippen molar-refractivity contribution in [2.24, 2.45) is 0 Å². The zero-order valence-corrected chi connectivity index (χ0v) is 7.58. The van der Waals surface area contributed by atoms with E-state index in [9.17, 15) is 0 Å². The second-order valence-corrected chi connectivity index (χ2v) is 4.32. The number of hydrogen-bond acceptors (Lipinski definition) is 2. The van der Waals surface area contributed by atoms with Crippen LogP contribution in [0, 0.1) is 0 Å². The van der Waals surface area contributed by atoms with E-state index < -0.39 is 0 Å². The molecule has 0 saturated heterocycles. The van der Waals surface area contributed by atoms with Crippen molar-refractivity contribution < 1.29 is 3.98 Å². The van der Waals surface area contributed by atoms with Crippen LogP contribution in [-0.4, -0.2) is 21.2 Å². The molecule has 1 aromatic heterocycles. The molecule has 60 valence electrons. The van der Waals surface area contributed by atoms with E-state index in [1.54, 1.807) is 0 Å². The Morgan fingerprint density at radius 1 is 1.58 bits per heavy atom. The number of nitrogens with zero attached hydrogens (tertiary/aromatic N) is 2. The molecule has 0 N–H and O–H groups in total. The Balaban J connectivity index is 2.17. The van der Waals surface area contributed by atoms with E-state index in [1.807, 2.05) is 24.3 Å². The maximum Gasteiger partial charge on any atom is 0.197 e. The molecule has 4 rings (SSSR count). The Kier molecular flexibility index (Phi) is 1.17. The lowest BCUT2D eigenvalue weighted by Crippen LogP contribution is -2.42. The molecule has 3 aliphatic heterocycles. The van der Waals surface area contributed by atoms with Gasteiger partial charge in [0.1, 0.15) is 5.92 Å². The van der Waals surface area contributed by atoms with Crippen molar-refractivity contribution in [3.8, 4) is 0 Å². The highest BCUT2D eigenvalue weighted by Gasteiger charge is 2.46. The molecule has 4 heterocycles. The van der Waals surface area contributed by atoms with Crippen LogP contribution in [0.5, 0.6) is 0 Å². The lowest BCUT2D eigenvalue weighted by atomic mass is 9.90. The van der Waals surface area contributed by atoms with Crippen molar-refractivity contribution >= 4 is 18.2 Å². The van der Waals surface area contributed by atoms with Gasteiger partial charge >= 0.3 is 0 Å². The van der Waals surface area contributed by atoms with E-state index in [1.165, 1.54) is 10.5 Å². The fourth-order valence-corrected chi connectivity index (χ4v) is 2.90. The summed E-state index contributed by atoms with van der Waals surface area (Å²) >= 11 is 1.82. The van der Waals surface area contributed by atoms with Crippen LogP contribution in [0.3, 0.4) is 0 Å². The van der Waals surface area contributed by atoms with Gasteiger partial charge in [0.25, 0.3) is 0 Å². The van der Waals surface area contributed by atoms with Gasteiger partial charge in [0, 0.05) is 18.0 Å². The summed E-state index contributed by atoms with van der Waals surface area (Å²) in [5.41, 5.74) is 1.40. The van der Waals surface area contributed by atoms with Crippen molar-refractivity contribution in [1.82, 2.24) is 4.98 Å². The Labute approximate surface area is 75.5 Å². The molecule has 0 fully saturated rings. The Hall–Kier alpha value is -0.830. The van der Waals surface area contributed by atoms with Crippen LogP contribution in [0.25, 0.3) is 0 Å². The van der Waals surface area contributed by atoms with Gasteiger partial charge in [-0.2, -0.15) is 3.98 Å². The van der Waals surface area contributed by atoms with E-state index in [-0.39, 0.29) is 0 Å². The minimum Gasteiger partial charge on any atom is -0.264 e. The Morgan fingerprint density at radius 2 is 2.50 bits per heavy atom. The standard InChI is InChI=1S/C9H9N2S/c1-6-8-5-11(6)12-9-2-3-10-4-7(8)9/h2-6,8H,1H3/q+1. The first kappa shape index (κ1) is 6.66. The molecule has 0 saturated carbocycles. The third-order valence-corrected chi connectivity index (χ3v) is 3.84. The fourth-order valence-electron chi connectivity index (χ4n) is 1.77. The summed E-state index contributed by atoms with van der Waals surface area (Å²) in [7, 11) is 0. The quantitative estimate of drug-likeness (QED) is 0.442. The molecule has 12 heavy (non-hydrogen) atoms. The van der Waals surface area contributed by atoms with E-state index in [0.717, 1.165) is 0 Å². The minimum atomic E-state index is 0.620. The largest absolute Gasteiger partial charge is 0.264 e. The highest BCUT2D eigenvalue weighted by molar-refractivity contribution is 7.93. The van der Waals surface area contributed by atoms with Crippen LogP contribution in [0.2, 0.25) is 0 Å². The zero-order chi connectivity index (χ0) is 8.13. The average molecular weight is 177 g/mol. The van der Waals surface area contributed by atoms with Crippen molar-refractivity contribution in [3.63, 3.8) is 0 Å². The number of rotatable bonds is 0. The van der Waals surface area contributed by atoms with Gasteiger partial charge < -0.3 is 0 Å². The molecule has 2 unspecified atom stereocenters. The summed E-state index contributed by atoms with van der Waals surface area (Å²) < 4.78 is 2.31. The van der Waals surface area contributed by atoms with Crippen LogP contribution in [-0.2, 0) is 0 Å². The summed E-state index contributed by atoms with van der Waals surface area (Å²) in [4.78, 5) is 5.53. The molecule has 2 atom stereocenters. The molecule has 3 heteroatoms. The number of aromatic nitrogens is 1. The summed E-state index contributed by atoms with van der Waals surface area (Å²) in [5.74, 6) is 0.620. The van der Waals surface area contributed by atoms with Crippen molar-refractivity contribution in [2.75, 3.05) is 0 Å². The van der Waals surface area contributed by atoms with Crippen LogP contribution in [0.15, 0.2) is 23.4 Å². The minimum absolute atomic E-state index is 0.620.